The fraction of sp³-hybridized carbons (Fsp3) is 0.636. The van der Waals surface area contributed by atoms with Crippen molar-refractivity contribution in [3.8, 4) is 0 Å². The number of benzene rings is 1. The Hall–Kier alpha value is -1.92. The van der Waals surface area contributed by atoms with Crippen molar-refractivity contribution in [2.75, 3.05) is 24.5 Å². The van der Waals surface area contributed by atoms with Crippen molar-refractivity contribution in [3.05, 3.63) is 41.7 Å². The number of hydrogen-bond donors (Lipinski definition) is 0. The van der Waals surface area contributed by atoms with E-state index in [1.165, 1.54) is 18.4 Å². The molecule has 1 aromatic heterocycles. The van der Waals surface area contributed by atoms with Gasteiger partial charge in [0.2, 0.25) is 5.95 Å². The summed E-state index contributed by atoms with van der Waals surface area (Å²) in [7, 11) is 0. The monoisotopic (exact) mass is 385 g/mol. The molecule has 1 saturated heterocycles. The molecule has 0 bridgehead atoms. The van der Waals surface area contributed by atoms with Crippen molar-refractivity contribution in [2.45, 2.75) is 72.4 Å². The maximum atomic E-state index is 5.97. The third kappa shape index (κ3) is 5.32. The number of aromatic nitrogens is 3. The SMILES string of the molecule is CC(C)N(CCn1c(COCc2ccccc2)nnc1N1CCCC1)C(C)C. The smallest absolute Gasteiger partial charge is 0.227 e. The highest BCUT2D eigenvalue weighted by atomic mass is 16.5. The maximum absolute atomic E-state index is 5.97. The molecule has 1 aromatic carbocycles. The highest BCUT2D eigenvalue weighted by Crippen LogP contribution is 2.20. The zero-order valence-electron chi connectivity index (χ0n) is 17.8. The van der Waals surface area contributed by atoms with E-state index < -0.39 is 0 Å². The Kier molecular flexibility index (Phi) is 7.45. The fourth-order valence-corrected chi connectivity index (χ4v) is 3.98. The molecule has 0 unspecified atom stereocenters. The van der Waals surface area contributed by atoms with Crippen molar-refractivity contribution in [1.29, 1.82) is 0 Å². The van der Waals surface area contributed by atoms with E-state index >= 15 is 0 Å². The molecule has 0 saturated carbocycles. The minimum absolute atomic E-state index is 0.485. The third-order valence-electron chi connectivity index (χ3n) is 5.45. The summed E-state index contributed by atoms with van der Waals surface area (Å²) >= 11 is 0. The predicted octanol–water partition coefficient (Wildman–Crippen LogP) is 3.71. The molecule has 154 valence electrons. The predicted molar refractivity (Wildman–Crippen MR) is 113 cm³/mol. The van der Waals surface area contributed by atoms with Gasteiger partial charge in [-0.3, -0.25) is 9.47 Å². The number of ether oxygens (including phenoxy) is 1. The normalized spacial score (nSPS) is 14.8. The van der Waals surface area contributed by atoms with Gasteiger partial charge in [0, 0.05) is 38.3 Å². The molecule has 0 spiro atoms. The van der Waals surface area contributed by atoms with E-state index in [4.69, 9.17) is 4.74 Å². The van der Waals surface area contributed by atoms with Crippen LogP contribution in [0.15, 0.2) is 30.3 Å². The molecule has 28 heavy (non-hydrogen) atoms. The van der Waals surface area contributed by atoms with E-state index in [9.17, 15) is 0 Å². The highest BCUT2D eigenvalue weighted by molar-refractivity contribution is 5.32. The minimum atomic E-state index is 0.485. The molecule has 2 heterocycles. The summed E-state index contributed by atoms with van der Waals surface area (Å²) in [6, 6.07) is 11.3. The lowest BCUT2D eigenvalue weighted by Crippen LogP contribution is -2.39. The van der Waals surface area contributed by atoms with Crippen LogP contribution in [0, 0.1) is 0 Å². The summed E-state index contributed by atoms with van der Waals surface area (Å²) in [6.45, 7) is 14.1. The summed E-state index contributed by atoms with van der Waals surface area (Å²) in [5.74, 6) is 1.92. The van der Waals surface area contributed by atoms with Crippen molar-refractivity contribution in [3.63, 3.8) is 0 Å². The Morgan fingerprint density at radius 2 is 1.64 bits per heavy atom. The summed E-state index contributed by atoms with van der Waals surface area (Å²) in [5, 5.41) is 9.02. The fourth-order valence-electron chi connectivity index (χ4n) is 3.98. The number of rotatable bonds is 10. The summed E-state index contributed by atoms with van der Waals surface area (Å²) in [5.41, 5.74) is 1.18. The van der Waals surface area contributed by atoms with Gasteiger partial charge in [-0.05, 0) is 46.1 Å². The molecule has 1 aliphatic heterocycles. The van der Waals surface area contributed by atoms with Crippen LogP contribution in [0.3, 0.4) is 0 Å². The Labute approximate surface area is 169 Å². The van der Waals surface area contributed by atoms with Crippen LogP contribution in [-0.4, -0.2) is 51.4 Å². The van der Waals surface area contributed by atoms with Crippen LogP contribution in [0.5, 0.6) is 0 Å². The molecule has 1 aliphatic rings. The average molecular weight is 386 g/mol. The van der Waals surface area contributed by atoms with E-state index in [1.807, 2.05) is 18.2 Å². The molecular weight excluding hydrogens is 350 g/mol. The second kappa shape index (κ2) is 10.0. The van der Waals surface area contributed by atoms with Gasteiger partial charge in [0.05, 0.1) is 6.61 Å². The van der Waals surface area contributed by atoms with Crippen molar-refractivity contribution in [1.82, 2.24) is 19.7 Å². The van der Waals surface area contributed by atoms with Gasteiger partial charge in [0.25, 0.3) is 0 Å². The van der Waals surface area contributed by atoms with Gasteiger partial charge in [0.15, 0.2) is 5.82 Å². The Morgan fingerprint density at radius 1 is 0.964 bits per heavy atom. The van der Waals surface area contributed by atoms with Crippen molar-refractivity contribution >= 4 is 5.95 Å². The van der Waals surface area contributed by atoms with Gasteiger partial charge in [-0.25, -0.2) is 0 Å². The van der Waals surface area contributed by atoms with E-state index in [1.54, 1.807) is 0 Å². The van der Waals surface area contributed by atoms with Crippen molar-refractivity contribution < 1.29 is 4.74 Å². The second-order valence-corrected chi connectivity index (χ2v) is 8.17. The van der Waals surface area contributed by atoms with Gasteiger partial charge < -0.3 is 9.64 Å². The van der Waals surface area contributed by atoms with E-state index in [0.717, 1.165) is 38.0 Å². The Bertz CT molecular complexity index is 699. The molecule has 1 fully saturated rings. The lowest BCUT2D eigenvalue weighted by molar-refractivity contribution is 0.0977. The van der Waals surface area contributed by atoms with Crippen LogP contribution in [0.4, 0.5) is 5.95 Å². The molecule has 6 heteroatoms. The first-order valence-corrected chi connectivity index (χ1v) is 10.6. The van der Waals surface area contributed by atoms with Crippen LogP contribution in [0.1, 0.15) is 51.9 Å². The molecule has 0 N–H and O–H groups in total. The van der Waals surface area contributed by atoms with E-state index in [0.29, 0.717) is 25.3 Å². The summed E-state index contributed by atoms with van der Waals surface area (Å²) in [4.78, 5) is 4.88. The zero-order chi connectivity index (χ0) is 19.9. The first-order valence-electron chi connectivity index (χ1n) is 10.6. The summed E-state index contributed by atoms with van der Waals surface area (Å²) in [6.07, 6.45) is 2.47. The van der Waals surface area contributed by atoms with Crippen LogP contribution in [0.25, 0.3) is 0 Å². The molecule has 0 radical (unpaired) electrons. The van der Waals surface area contributed by atoms with E-state index in [-0.39, 0.29) is 0 Å². The molecule has 0 atom stereocenters. The van der Waals surface area contributed by atoms with Crippen LogP contribution >= 0.6 is 0 Å². The summed E-state index contributed by atoms with van der Waals surface area (Å²) < 4.78 is 8.24. The van der Waals surface area contributed by atoms with Crippen molar-refractivity contribution in [2.24, 2.45) is 0 Å². The molecule has 0 aliphatic carbocycles. The number of hydrogen-bond acceptors (Lipinski definition) is 5. The maximum Gasteiger partial charge on any atom is 0.227 e. The van der Waals surface area contributed by atoms with Gasteiger partial charge in [0.1, 0.15) is 6.61 Å². The van der Waals surface area contributed by atoms with Crippen LogP contribution in [-0.2, 0) is 24.5 Å². The van der Waals surface area contributed by atoms with Gasteiger partial charge in [-0.2, -0.15) is 0 Å². The van der Waals surface area contributed by atoms with Crippen LogP contribution in [0.2, 0.25) is 0 Å². The largest absolute Gasteiger partial charge is 0.369 e. The number of anilines is 1. The second-order valence-electron chi connectivity index (χ2n) is 8.17. The molecular formula is C22H35N5O. The quantitative estimate of drug-likeness (QED) is 0.624. The topological polar surface area (TPSA) is 46.4 Å². The first-order chi connectivity index (χ1) is 13.6. The first kappa shape index (κ1) is 20.8. The minimum Gasteiger partial charge on any atom is -0.369 e. The Morgan fingerprint density at radius 3 is 2.29 bits per heavy atom. The van der Waals surface area contributed by atoms with E-state index in [2.05, 4.69) is 64.4 Å². The Balaban J connectivity index is 1.69. The van der Waals surface area contributed by atoms with Gasteiger partial charge >= 0.3 is 0 Å². The third-order valence-corrected chi connectivity index (χ3v) is 5.45. The molecule has 6 nitrogen and oxygen atoms in total. The zero-order valence-corrected chi connectivity index (χ0v) is 17.8. The molecule has 0 amide bonds. The lowest BCUT2D eigenvalue weighted by atomic mass is 10.2. The van der Waals surface area contributed by atoms with Crippen LogP contribution < -0.4 is 4.90 Å². The number of nitrogens with zero attached hydrogens (tertiary/aromatic N) is 5. The van der Waals surface area contributed by atoms with Gasteiger partial charge in [-0.15, -0.1) is 10.2 Å². The standard InChI is InChI=1S/C22H35N5O/c1-18(2)26(19(3)4)14-15-27-21(17-28-16-20-10-6-5-7-11-20)23-24-22(27)25-12-8-9-13-25/h5-7,10-11,18-19H,8-9,12-17H2,1-4H3. The lowest BCUT2D eigenvalue weighted by Gasteiger charge is -2.31. The molecule has 3 rings (SSSR count). The van der Waals surface area contributed by atoms with Gasteiger partial charge in [-0.1, -0.05) is 30.3 Å². The highest BCUT2D eigenvalue weighted by Gasteiger charge is 2.22. The average Bonchev–Trinajstić information content (AvgIpc) is 3.32. The molecule has 2 aromatic rings.